The van der Waals surface area contributed by atoms with Crippen molar-refractivity contribution in [3.63, 3.8) is 0 Å². The smallest absolute Gasteiger partial charge is 0.223 e. The van der Waals surface area contributed by atoms with Gasteiger partial charge in [0.25, 0.3) is 0 Å². The number of nitrogens with zero attached hydrogens (tertiary/aromatic N) is 2. The van der Waals surface area contributed by atoms with Gasteiger partial charge in [-0.25, -0.2) is 9.97 Å². The summed E-state index contributed by atoms with van der Waals surface area (Å²) in [5, 5.41) is 3.91. The molecule has 0 radical (unpaired) electrons. The van der Waals surface area contributed by atoms with Crippen LogP contribution in [-0.4, -0.2) is 9.97 Å². The number of nitrogens with one attached hydrogen (secondary N) is 1. The lowest BCUT2D eigenvalue weighted by atomic mass is 10.1. The average molecular weight is 249 g/mol. The maximum absolute atomic E-state index is 5.83. The summed E-state index contributed by atoms with van der Waals surface area (Å²) in [6.07, 6.45) is 3.15. The number of halogens is 1. The van der Waals surface area contributed by atoms with Crippen molar-refractivity contribution in [1.29, 1.82) is 0 Å². The second kappa shape index (κ2) is 5.01. The minimum Gasteiger partial charge on any atom is -0.396 e. The number of benzene rings is 1. The summed E-state index contributed by atoms with van der Waals surface area (Å²) in [5.41, 5.74) is 7.19. The van der Waals surface area contributed by atoms with Crippen molar-refractivity contribution < 1.29 is 0 Å². The third-order valence-corrected chi connectivity index (χ3v) is 2.64. The molecule has 1 aromatic carbocycles. The fraction of sp³-hybridized carbons (Fsp3) is 0.167. The Hall–Kier alpha value is -1.81. The predicted molar refractivity (Wildman–Crippen MR) is 69.9 cm³/mol. The Morgan fingerprint density at radius 1 is 1.18 bits per heavy atom. The van der Waals surface area contributed by atoms with Crippen molar-refractivity contribution in [2.75, 3.05) is 11.1 Å². The summed E-state index contributed by atoms with van der Waals surface area (Å²) >= 11 is 5.83. The number of nitrogens with two attached hydrogens (primary N) is 1. The Kier molecular flexibility index (Phi) is 3.44. The van der Waals surface area contributed by atoms with E-state index in [0.717, 1.165) is 10.6 Å². The molecule has 1 atom stereocenters. The first-order valence-corrected chi connectivity index (χ1v) is 5.62. The molecule has 2 aromatic rings. The van der Waals surface area contributed by atoms with E-state index in [1.807, 2.05) is 31.2 Å². The molecule has 3 N–H and O–H groups in total. The summed E-state index contributed by atoms with van der Waals surface area (Å²) in [4.78, 5) is 8.18. The second-order valence-electron chi connectivity index (χ2n) is 3.76. The highest BCUT2D eigenvalue weighted by atomic mass is 35.5. The van der Waals surface area contributed by atoms with Gasteiger partial charge in [-0.05, 0) is 24.6 Å². The van der Waals surface area contributed by atoms with Gasteiger partial charge >= 0.3 is 0 Å². The first kappa shape index (κ1) is 11.7. The van der Waals surface area contributed by atoms with Gasteiger partial charge < -0.3 is 11.1 Å². The van der Waals surface area contributed by atoms with E-state index in [1.165, 1.54) is 0 Å². The van der Waals surface area contributed by atoms with Crippen LogP contribution < -0.4 is 11.1 Å². The van der Waals surface area contributed by atoms with Gasteiger partial charge in [-0.3, -0.25) is 0 Å². The lowest BCUT2D eigenvalue weighted by Crippen LogP contribution is -2.09. The van der Waals surface area contributed by atoms with Gasteiger partial charge in [0, 0.05) is 5.02 Å². The average Bonchev–Trinajstić information content (AvgIpc) is 2.33. The minimum absolute atomic E-state index is 0.107. The number of rotatable bonds is 3. The fourth-order valence-corrected chi connectivity index (χ4v) is 1.57. The van der Waals surface area contributed by atoms with Crippen molar-refractivity contribution in [2.24, 2.45) is 0 Å². The number of aromatic nitrogens is 2. The molecule has 0 aliphatic heterocycles. The SMILES string of the molecule is CC(Nc1ncc(N)cn1)c1ccc(Cl)cc1. The Balaban J connectivity index is 2.08. The first-order valence-electron chi connectivity index (χ1n) is 5.24. The minimum atomic E-state index is 0.107. The van der Waals surface area contributed by atoms with Crippen molar-refractivity contribution in [1.82, 2.24) is 9.97 Å². The van der Waals surface area contributed by atoms with Crippen LogP contribution in [0.25, 0.3) is 0 Å². The molecule has 0 bridgehead atoms. The summed E-state index contributed by atoms with van der Waals surface area (Å²) in [6, 6.07) is 7.77. The topological polar surface area (TPSA) is 63.8 Å². The quantitative estimate of drug-likeness (QED) is 0.877. The molecular weight excluding hydrogens is 236 g/mol. The van der Waals surface area contributed by atoms with Crippen LogP contribution in [0.1, 0.15) is 18.5 Å². The molecule has 1 aromatic heterocycles. The molecule has 17 heavy (non-hydrogen) atoms. The zero-order valence-corrected chi connectivity index (χ0v) is 10.1. The summed E-state index contributed by atoms with van der Waals surface area (Å²) in [5.74, 6) is 0.557. The van der Waals surface area contributed by atoms with E-state index in [0.29, 0.717) is 11.6 Å². The van der Waals surface area contributed by atoms with Crippen LogP contribution >= 0.6 is 11.6 Å². The predicted octanol–water partition coefficient (Wildman–Crippen LogP) is 2.89. The molecule has 0 aliphatic rings. The zero-order valence-electron chi connectivity index (χ0n) is 9.39. The van der Waals surface area contributed by atoms with Crippen LogP contribution in [0, 0.1) is 0 Å². The van der Waals surface area contributed by atoms with Gasteiger partial charge in [0.1, 0.15) is 0 Å². The molecule has 0 amide bonds. The molecule has 1 unspecified atom stereocenters. The van der Waals surface area contributed by atoms with Gasteiger partial charge in [-0.1, -0.05) is 23.7 Å². The zero-order chi connectivity index (χ0) is 12.3. The van der Waals surface area contributed by atoms with Crippen LogP contribution in [0.15, 0.2) is 36.7 Å². The van der Waals surface area contributed by atoms with Crippen LogP contribution in [0.5, 0.6) is 0 Å². The Bertz CT molecular complexity index is 481. The van der Waals surface area contributed by atoms with Crippen molar-refractivity contribution in [2.45, 2.75) is 13.0 Å². The van der Waals surface area contributed by atoms with Crippen LogP contribution in [0.4, 0.5) is 11.6 Å². The highest BCUT2D eigenvalue weighted by Crippen LogP contribution is 2.18. The van der Waals surface area contributed by atoms with Gasteiger partial charge in [-0.2, -0.15) is 0 Å². The summed E-state index contributed by atoms with van der Waals surface area (Å²) in [7, 11) is 0. The van der Waals surface area contributed by atoms with E-state index in [2.05, 4.69) is 15.3 Å². The van der Waals surface area contributed by atoms with Crippen molar-refractivity contribution in [3.8, 4) is 0 Å². The van der Waals surface area contributed by atoms with E-state index in [9.17, 15) is 0 Å². The van der Waals surface area contributed by atoms with Gasteiger partial charge in [0.05, 0.1) is 24.1 Å². The van der Waals surface area contributed by atoms with Gasteiger partial charge in [0.15, 0.2) is 0 Å². The van der Waals surface area contributed by atoms with Crippen LogP contribution in [-0.2, 0) is 0 Å². The Labute approximate surface area is 105 Å². The van der Waals surface area contributed by atoms with Crippen molar-refractivity contribution in [3.05, 3.63) is 47.2 Å². The molecule has 5 heteroatoms. The lowest BCUT2D eigenvalue weighted by Gasteiger charge is -2.14. The fourth-order valence-electron chi connectivity index (χ4n) is 1.44. The van der Waals surface area contributed by atoms with E-state index in [1.54, 1.807) is 12.4 Å². The molecule has 0 saturated heterocycles. The van der Waals surface area contributed by atoms with Crippen LogP contribution in [0.2, 0.25) is 5.02 Å². The molecular formula is C12H13ClN4. The normalized spacial score (nSPS) is 12.1. The maximum atomic E-state index is 5.83. The van der Waals surface area contributed by atoms with E-state index >= 15 is 0 Å². The second-order valence-corrected chi connectivity index (χ2v) is 4.19. The molecule has 4 nitrogen and oxygen atoms in total. The highest BCUT2D eigenvalue weighted by molar-refractivity contribution is 6.30. The number of hydrogen-bond acceptors (Lipinski definition) is 4. The van der Waals surface area contributed by atoms with Crippen molar-refractivity contribution >= 4 is 23.2 Å². The van der Waals surface area contributed by atoms with Crippen LogP contribution in [0.3, 0.4) is 0 Å². The molecule has 2 rings (SSSR count). The largest absolute Gasteiger partial charge is 0.396 e. The first-order chi connectivity index (χ1) is 8.15. The third-order valence-electron chi connectivity index (χ3n) is 2.39. The van der Waals surface area contributed by atoms with E-state index in [-0.39, 0.29) is 6.04 Å². The summed E-state index contributed by atoms with van der Waals surface area (Å²) in [6.45, 7) is 2.03. The maximum Gasteiger partial charge on any atom is 0.223 e. The number of anilines is 2. The number of hydrogen-bond donors (Lipinski definition) is 2. The molecule has 1 heterocycles. The molecule has 0 aliphatic carbocycles. The lowest BCUT2D eigenvalue weighted by molar-refractivity contribution is 0.861. The van der Waals surface area contributed by atoms with Gasteiger partial charge in [-0.15, -0.1) is 0 Å². The Morgan fingerprint density at radius 2 is 1.76 bits per heavy atom. The van der Waals surface area contributed by atoms with E-state index in [4.69, 9.17) is 17.3 Å². The molecule has 0 saturated carbocycles. The standard InChI is InChI=1S/C12H13ClN4/c1-8(9-2-4-10(13)5-3-9)17-12-15-6-11(14)7-16-12/h2-8H,14H2,1H3,(H,15,16,17). The monoisotopic (exact) mass is 248 g/mol. The molecule has 0 spiro atoms. The third kappa shape index (κ3) is 3.07. The van der Waals surface area contributed by atoms with Gasteiger partial charge in [0.2, 0.25) is 5.95 Å². The molecule has 88 valence electrons. The Morgan fingerprint density at radius 3 is 2.35 bits per heavy atom. The highest BCUT2D eigenvalue weighted by Gasteiger charge is 2.06. The summed E-state index contributed by atoms with van der Waals surface area (Å²) < 4.78 is 0. The van der Waals surface area contributed by atoms with E-state index < -0.39 is 0 Å². The molecule has 0 fully saturated rings. The number of nitrogen functional groups attached to an aromatic ring is 1.